The van der Waals surface area contributed by atoms with Crippen LogP contribution in [0.1, 0.15) is 0 Å². The summed E-state index contributed by atoms with van der Waals surface area (Å²) in [6.45, 7) is 0. The Morgan fingerprint density at radius 2 is 1.10 bits per heavy atom. The molecule has 242 valence electrons. The topological polar surface area (TPSA) is 27.2 Å². The molecule has 12 aromatic rings. The molecule has 0 amide bonds. The molecule has 7 aromatic carbocycles. The molecule has 0 aliphatic rings. The van der Waals surface area contributed by atoms with Crippen molar-refractivity contribution in [3.8, 4) is 22.5 Å². The second-order valence-corrected chi connectivity index (χ2v) is 14.6. The van der Waals surface area contributed by atoms with Crippen molar-refractivity contribution in [2.45, 2.75) is 0 Å². The number of fused-ring (bicyclic) bond motifs is 13. The molecular weight excluding hydrogens is 653 g/mol. The quantitative estimate of drug-likeness (QED) is 0.182. The lowest BCUT2D eigenvalue weighted by Crippen LogP contribution is -1.95. The largest absolute Gasteiger partial charge is 0.309 e. The van der Waals surface area contributed by atoms with E-state index in [1.54, 1.807) is 0 Å². The van der Waals surface area contributed by atoms with E-state index < -0.39 is 0 Å². The van der Waals surface area contributed by atoms with Gasteiger partial charge in [0.25, 0.3) is 0 Å². The van der Waals surface area contributed by atoms with E-state index in [-0.39, 0.29) is 0 Å². The minimum absolute atomic E-state index is 0.988. The second kappa shape index (κ2) is 10.4. The molecule has 52 heavy (non-hydrogen) atoms. The predicted molar refractivity (Wildman–Crippen MR) is 220 cm³/mol. The van der Waals surface area contributed by atoms with Gasteiger partial charge in [0.1, 0.15) is 4.83 Å². The SMILES string of the molecule is c1ccc(-n2c3ccccc3c3cc4c(cc32)c2c3ccccc3sc2n4-c2cccc(-c3c4ccccc4n4c3cnc3ccccc34)c2)cc1. The third kappa shape index (κ3) is 3.72. The van der Waals surface area contributed by atoms with Gasteiger partial charge in [-0.3, -0.25) is 4.98 Å². The maximum Gasteiger partial charge on any atom is 0.109 e. The fourth-order valence-electron chi connectivity index (χ4n) is 8.70. The number of thiophene rings is 1. The van der Waals surface area contributed by atoms with Crippen LogP contribution in [0.4, 0.5) is 0 Å². The van der Waals surface area contributed by atoms with E-state index in [2.05, 4.69) is 177 Å². The molecule has 0 atom stereocenters. The first-order chi connectivity index (χ1) is 25.8. The molecule has 0 spiro atoms. The van der Waals surface area contributed by atoms with Gasteiger partial charge in [-0.25, -0.2) is 0 Å². The molecule has 0 radical (unpaired) electrons. The Morgan fingerprint density at radius 1 is 0.423 bits per heavy atom. The van der Waals surface area contributed by atoms with Crippen LogP contribution in [0.2, 0.25) is 0 Å². The summed E-state index contributed by atoms with van der Waals surface area (Å²) in [7, 11) is 0. The van der Waals surface area contributed by atoms with Crippen LogP contribution in [0, 0.1) is 0 Å². The van der Waals surface area contributed by atoms with Gasteiger partial charge < -0.3 is 13.5 Å². The summed E-state index contributed by atoms with van der Waals surface area (Å²) in [5.41, 5.74) is 12.7. The van der Waals surface area contributed by atoms with Crippen LogP contribution in [0.15, 0.2) is 170 Å². The van der Waals surface area contributed by atoms with Crippen molar-refractivity contribution in [1.82, 2.24) is 18.5 Å². The molecule has 0 fully saturated rings. The highest BCUT2D eigenvalue weighted by atomic mass is 32.1. The Hall–Kier alpha value is -6.69. The van der Waals surface area contributed by atoms with E-state index >= 15 is 0 Å². The summed E-state index contributed by atoms with van der Waals surface area (Å²) >= 11 is 1.87. The van der Waals surface area contributed by atoms with Crippen LogP contribution < -0.4 is 0 Å². The number of hydrogen-bond donors (Lipinski definition) is 0. The van der Waals surface area contributed by atoms with Crippen molar-refractivity contribution in [2.75, 3.05) is 0 Å². The lowest BCUT2D eigenvalue weighted by molar-refractivity contribution is 1.18. The Kier molecular flexibility index (Phi) is 5.62. The van der Waals surface area contributed by atoms with E-state index in [0.29, 0.717) is 0 Å². The number of nitrogens with zero attached hydrogens (tertiary/aromatic N) is 4. The molecule has 5 heteroatoms. The van der Waals surface area contributed by atoms with Crippen LogP contribution >= 0.6 is 11.3 Å². The number of aromatic nitrogens is 4. The lowest BCUT2D eigenvalue weighted by Gasteiger charge is -2.11. The maximum absolute atomic E-state index is 4.92. The Balaban J connectivity index is 1.19. The van der Waals surface area contributed by atoms with Gasteiger partial charge >= 0.3 is 0 Å². The molecule has 5 aromatic heterocycles. The third-order valence-electron chi connectivity index (χ3n) is 10.8. The first-order valence-electron chi connectivity index (χ1n) is 17.6. The van der Waals surface area contributed by atoms with Crippen molar-refractivity contribution in [3.63, 3.8) is 0 Å². The molecule has 0 aliphatic heterocycles. The second-order valence-electron chi connectivity index (χ2n) is 13.6. The maximum atomic E-state index is 4.92. The Labute approximate surface area is 301 Å². The normalized spacial score (nSPS) is 12.2. The highest BCUT2D eigenvalue weighted by molar-refractivity contribution is 7.25. The fourth-order valence-corrected chi connectivity index (χ4v) is 9.95. The van der Waals surface area contributed by atoms with Gasteiger partial charge in [0.2, 0.25) is 0 Å². The van der Waals surface area contributed by atoms with E-state index in [4.69, 9.17) is 4.98 Å². The van der Waals surface area contributed by atoms with Crippen LogP contribution in [0.25, 0.3) is 103 Å². The third-order valence-corrected chi connectivity index (χ3v) is 12.0. The summed E-state index contributed by atoms with van der Waals surface area (Å²) in [6, 6.07) is 59.5. The molecular formula is C47H28N4S. The van der Waals surface area contributed by atoms with Crippen molar-refractivity contribution in [2.24, 2.45) is 0 Å². The monoisotopic (exact) mass is 680 g/mol. The molecule has 0 aliphatic carbocycles. The molecule has 0 saturated carbocycles. The summed E-state index contributed by atoms with van der Waals surface area (Å²) in [4.78, 5) is 6.18. The average Bonchev–Trinajstić information content (AvgIpc) is 3.93. The molecule has 0 bridgehead atoms. The van der Waals surface area contributed by atoms with E-state index in [1.165, 1.54) is 80.7 Å². The highest BCUT2D eigenvalue weighted by Crippen LogP contribution is 2.46. The average molecular weight is 681 g/mol. The van der Waals surface area contributed by atoms with Gasteiger partial charge in [-0.2, -0.15) is 0 Å². The summed E-state index contributed by atoms with van der Waals surface area (Å²) in [5, 5.41) is 7.60. The number of rotatable bonds is 3. The zero-order valence-corrected chi connectivity index (χ0v) is 28.7. The molecule has 0 N–H and O–H groups in total. The van der Waals surface area contributed by atoms with Gasteiger partial charge in [-0.15, -0.1) is 11.3 Å². The number of para-hydroxylation sites is 5. The van der Waals surface area contributed by atoms with Crippen LogP contribution in [0.5, 0.6) is 0 Å². The Morgan fingerprint density at radius 3 is 1.98 bits per heavy atom. The van der Waals surface area contributed by atoms with Crippen molar-refractivity contribution >= 4 is 91.8 Å². The molecule has 5 heterocycles. The lowest BCUT2D eigenvalue weighted by atomic mass is 10.0. The fraction of sp³-hybridized carbons (Fsp3) is 0. The summed E-state index contributed by atoms with van der Waals surface area (Å²) in [6.07, 6.45) is 2.04. The smallest absolute Gasteiger partial charge is 0.109 e. The first kappa shape index (κ1) is 28.1. The van der Waals surface area contributed by atoms with E-state index in [9.17, 15) is 0 Å². The number of benzene rings is 7. The summed E-state index contributed by atoms with van der Waals surface area (Å²) < 4.78 is 8.59. The van der Waals surface area contributed by atoms with Gasteiger partial charge in [-0.1, -0.05) is 97.1 Å². The van der Waals surface area contributed by atoms with Crippen LogP contribution in [-0.2, 0) is 0 Å². The highest BCUT2D eigenvalue weighted by Gasteiger charge is 2.22. The van der Waals surface area contributed by atoms with Crippen molar-refractivity contribution in [1.29, 1.82) is 0 Å². The van der Waals surface area contributed by atoms with E-state index in [0.717, 1.165) is 22.2 Å². The minimum atomic E-state index is 0.988. The predicted octanol–water partition coefficient (Wildman–Crippen LogP) is 12.7. The van der Waals surface area contributed by atoms with Crippen molar-refractivity contribution in [3.05, 3.63) is 170 Å². The number of hydrogen-bond acceptors (Lipinski definition) is 2. The standard InChI is InChI=1S/C47H28N4S/c1-2-14-30(15-3-1)49-38-21-8-4-17-32(38)35-26-42-36(27-41(35)49)46-34-19-6-11-24-44(34)52-47(46)50(42)31-16-12-13-29(25-31)45-33-18-5-9-22-39(33)51-40-23-10-7-20-37(40)48-28-43(45)51/h1-28H. The van der Waals surface area contributed by atoms with Gasteiger partial charge in [0, 0.05) is 54.0 Å². The minimum Gasteiger partial charge on any atom is -0.309 e. The van der Waals surface area contributed by atoms with E-state index in [1.807, 2.05) is 17.5 Å². The zero-order chi connectivity index (χ0) is 33.9. The van der Waals surface area contributed by atoms with Gasteiger partial charge in [0.15, 0.2) is 0 Å². The zero-order valence-electron chi connectivity index (χ0n) is 27.9. The molecule has 0 unspecified atom stereocenters. The molecule has 12 rings (SSSR count). The molecule has 0 saturated heterocycles. The van der Waals surface area contributed by atoms with Crippen LogP contribution in [0.3, 0.4) is 0 Å². The van der Waals surface area contributed by atoms with Gasteiger partial charge in [-0.05, 0) is 72.3 Å². The Bertz CT molecular complexity index is 3410. The van der Waals surface area contributed by atoms with Crippen LogP contribution in [-0.4, -0.2) is 18.5 Å². The van der Waals surface area contributed by atoms with Crippen molar-refractivity contribution < 1.29 is 0 Å². The van der Waals surface area contributed by atoms with Gasteiger partial charge in [0.05, 0.1) is 44.8 Å². The summed E-state index contributed by atoms with van der Waals surface area (Å²) in [5.74, 6) is 0. The molecule has 4 nitrogen and oxygen atoms in total. The first-order valence-corrected chi connectivity index (χ1v) is 18.5.